The number of nitrogens with zero attached hydrogens (tertiary/aromatic N) is 2. The molecule has 1 fully saturated rings. The lowest BCUT2D eigenvalue weighted by Gasteiger charge is -2.25. The molecule has 5 amide bonds. The largest absolute Gasteiger partial charge is 0.481 e. The summed E-state index contributed by atoms with van der Waals surface area (Å²) in [4.78, 5) is 74.1. The maximum Gasteiger partial charge on any atom is 0.408 e. The first-order valence-electron chi connectivity index (χ1n) is 11.1. The van der Waals surface area contributed by atoms with Gasteiger partial charge in [-0.15, -0.1) is 0 Å². The third-order valence-corrected chi connectivity index (χ3v) is 4.73. The number of nitrogens with one attached hydrogen (secondary N) is 2. The number of esters is 1. The smallest absolute Gasteiger partial charge is 0.408 e. The maximum atomic E-state index is 12.6. The average Bonchev–Trinajstić information content (AvgIpc) is 3.06. The third-order valence-electron chi connectivity index (χ3n) is 4.73. The van der Waals surface area contributed by atoms with Crippen LogP contribution in [0.1, 0.15) is 32.8 Å². The molecule has 0 radical (unpaired) electrons. The van der Waals surface area contributed by atoms with Crippen LogP contribution in [-0.2, 0) is 35.3 Å². The Labute approximate surface area is 207 Å². The van der Waals surface area contributed by atoms with Crippen molar-refractivity contribution in [2.75, 3.05) is 26.2 Å². The van der Waals surface area contributed by atoms with Crippen LogP contribution in [0.15, 0.2) is 30.3 Å². The second-order valence-electron chi connectivity index (χ2n) is 8.92. The number of rotatable bonds is 11. The van der Waals surface area contributed by atoms with E-state index >= 15 is 0 Å². The number of aliphatic carboxylic acids is 1. The van der Waals surface area contributed by atoms with Gasteiger partial charge in [0.15, 0.2) is 0 Å². The van der Waals surface area contributed by atoms with Crippen LogP contribution in [0.5, 0.6) is 0 Å². The van der Waals surface area contributed by atoms with Crippen LogP contribution in [-0.4, -0.2) is 88.6 Å². The normalized spacial score (nSPS) is 14.3. The highest BCUT2D eigenvalue weighted by molar-refractivity contribution is 6.04. The lowest BCUT2D eigenvalue weighted by atomic mass is 10.2. The number of ether oxygens (including phenoxy) is 2. The number of carboxylic acid groups (broad SMARTS) is 1. The molecule has 1 aliphatic rings. The number of imide groups is 1. The minimum absolute atomic E-state index is 0.0440. The van der Waals surface area contributed by atoms with E-state index < -0.39 is 60.6 Å². The standard InChI is InChI=1S/C23H30N4O9/c1-23(2,3)36-20(32)16(25-21(33)35-14-15-7-5-4-6-8-15)11-24-17(28)12-27-18(29)13-26(22(27)34)10-9-19(30)31/h4-8,16H,9-14H2,1-3H3,(H,24,28)(H,25,33)(H,30,31). The molecule has 1 unspecified atom stereocenters. The summed E-state index contributed by atoms with van der Waals surface area (Å²) in [5, 5.41) is 13.5. The fourth-order valence-electron chi connectivity index (χ4n) is 3.04. The Balaban J connectivity index is 1.94. The molecule has 0 saturated carbocycles. The van der Waals surface area contributed by atoms with Crippen molar-refractivity contribution in [2.45, 2.75) is 45.4 Å². The first kappa shape index (κ1) is 28.1. The number of urea groups is 1. The van der Waals surface area contributed by atoms with Crippen LogP contribution in [0.25, 0.3) is 0 Å². The van der Waals surface area contributed by atoms with Crippen molar-refractivity contribution in [3.63, 3.8) is 0 Å². The summed E-state index contributed by atoms with van der Waals surface area (Å²) < 4.78 is 10.4. The van der Waals surface area contributed by atoms with Crippen LogP contribution in [0.4, 0.5) is 9.59 Å². The van der Waals surface area contributed by atoms with Crippen LogP contribution in [0, 0.1) is 0 Å². The number of carboxylic acids is 1. The van der Waals surface area contributed by atoms with Crippen molar-refractivity contribution < 1.29 is 43.3 Å². The predicted octanol–water partition coefficient (Wildman–Crippen LogP) is 0.478. The first-order chi connectivity index (χ1) is 16.9. The van der Waals surface area contributed by atoms with Crippen molar-refractivity contribution >= 4 is 35.9 Å². The predicted molar refractivity (Wildman–Crippen MR) is 123 cm³/mol. The lowest BCUT2D eigenvalue weighted by molar-refractivity contribution is -0.157. The summed E-state index contributed by atoms with van der Waals surface area (Å²) in [6.45, 7) is 3.31. The topological polar surface area (TPSA) is 172 Å². The summed E-state index contributed by atoms with van der Waals surface area (Å²) >= 11 is 0. The van der Waals surface area contributed by atoms with E-state index in [9.17, 15) is 28.8 Å². The van der Waals surface area contributed by atoms with E-state index in [1.54, 1.807) is 45.0 Å². The van der Waals surface area contributed by atoms with Gasteiger partial charge in [0.05, 0.1) is 6.42 Å². The molecule has 0 aliphatic carbocycles. The quantitative estimate of drug-likeness (QED) is 0.285. The summed E-state index contributed by atoms with van der Waals surface area (Å²) in [7, 11) is 0. The number of amides is 5. The Morgan fingerprint density at radius 2 is 1.78 bits per heavy atom. The Hall–Kier alpha value is -4.16. The second-order valence-corrected chi connectivity index (χ2v) is 8.92. The molecule has 0 spiro atoms. The van der Waals surface area contributed by atoms with Crippen LogP contribution >= 0.6 is 0 Å². The van der Waals surface area contributed by atoms with E-state index in [-0.39, 0.29) is 26.1 Å². The molecular formula is C23H30N4O9. The van der Waals surface area contributed by atoms with Crippen molar-refractivity contribution in [3.05, 3.63) is 35.9 Å². The summed E-state index contributed by atoms with van der Waals surface area (Å²) in [5.74, 6) is -3.39. The zero-order valence-electron chi connectivity index (χ0n) is 20.3. The van der Waals surface area contributed by atoms with E-state index in [1.165, 1.54) is 0 Å². The van der Waals surface area contributed by atoms with Crippen molar-refractivity contribution in [1.82, 2.24) is 20.4 Å². The first-order valence-corrected chi connectivity index (χ1v) is 11.1. The fraction of sp³-hybridized carbons (Fsp3) is 0.478. The van der Waals surface area contributed by atoms with Gasteiger partial charge < -0.3 is 30.1 Å². The van der Waals surface area contributed by atoms with Crippen LogP contribution in [0.3, 0.4) is 0 Å². The zero-order valence-corrected chi connectivity index (χ0v) is 20.3. The van der Waals surface area contributed by atoms with Gasteiger partial charge in [0.1, 0.15) is 31.3 Å². The fourth-order valence-corrected chi connectivity index (χ4v) is 3.04. The van der Waals surface area contributed by atoms with Gasteiger partial charge in [0.2, 0.25) is 5.91 Å². The molecule has 1 saturated heterocycles. The maximum absolute atomic E-state index is 12.6. The Kier molecular flexibility index (Phi) is 9.76. The number of hydrogen-bond acceptors (Lipinski definition) is 8. The van der Waals surface area contributed by atoms with E-state index in [2.05, 4.69) is 10.6 Å². The van der Waals surface area contributed by atoms with Gasteiger partial charge in [-0.1, -0.05) is 30.3 Å². The van der Waals surface area contributed by atoms with Crippen LogP contribution < -0.4 is 10.6 Å². The number of benzene rings is 1. The lowest BCUT2D eigenvalue weighted by Crippen LogP contribution is -2.52. The van der Waals surface area contributed by atoms with Gasteiger partial charge in [-0.2, -0.15) is 0 Å². The molecule has 36 heavy (non-hydrogen) atoms. The minimum atomic E-state index is -1.31. The van der Waals surface area contributed by atoms with E-state index in [0.29, 0.717) is 4.90 Å². The zero-order chi connectivity index (χ0) is 26.9. The summed E-state index contributed by atoms with van der Waals surface area (Å²) in [6.07, 6.45) is -1.26. The molecule has 0 aromatic heterocycles. The third kappa shape index (κ3) is 9.24. The van der Waals surface area contributed by atoms with Crippen molar-refractivity contribution in [2.24, 2.45) is 0 Å². The SMILES string of the molecule is CC(C)(C)OC(=O)C(CNC(=O)CN1C(=O)CN(CCC(=O)O)C1=O)NC(=O)OCc1ccccc1. The molecule has 3 N–H and O–H groups in total. The average molecular weight is 507 g/mol. The number of alkyl carbamates (subject to hydrolysis) is 1. The molecule has 1 heterocycles. The molecular weight excluding hydrogens is 476 g/mol. The van der Waals surface area contributed by atoms with Crippen molar-refractivity contribution in [3.8, 4) is 0 Å². The van der Waals surface area contributed by atoms with Crippen LogP contribution in [0.2, 0.25) is 0 Å². The molecule has 1 aromatic carbocycles. The van der Waals surface area contributed by atoms with Gasteiger partial charge in [0.25, 0.3) is 5.91 Å². The molecule has 13 nitrogen and oxygen atoms in total. The Morgan fingerprint density at radius 1 is 1.11 bits per heavy atom. The van der Waals surface area contributed by atoms with Gasteiger partial charge in [-0.3, -0.25) is 19.3 Å². The van der Waals surface area contributed by atoms with Gasteiger partial charge in [-0.25, -0.2) is 14.4 Å². The number of carbonyl (C=O) groups excluding carboxylic acids is 5. The molecule has 1 atom stereocenters. The molecule has 13 heteroatoms. The van der Waals surface area contributed by atoms with E-state index in [1.807, 2.05) is 6.07 Å². The molecule has 2 rings (SSSR count). The highest BCUT2D eigenvalue weighted by Gasteiger charge is 2.37. The van der Waals surface area contributed by atoms with E-state index in [4.69, 9.17) is 14.6 Å². The van der Waals surface area contributed by atoms with Gasteiger partial charge in [0, 0.05) is 13.1 Å². The molecule has 1 aliphatic heterocycles. The van der Waals surface area contributed by atoms with Crippen molar-refractivity contribution in [1.29, 1.82) is 0 Å². The highest BCUT2D eigenvalue weighted by Crippen LogP contribution is 2.11. The van der Waals surface area contributed by atoms with Gasteiger partial charge >= 0.3 is 24.1 Å². The van der Waals surface area contributed by atoms with Gasteiger partial charge in [-0.05, 0) is 26.3 Å². The van der Waals surface area contributed by atoms with E-state index in [0.717, 1.165) is 10.5 Å². The monoisotopic (exact) mass is 506 g/mol. The summed E-state index contributed by atoms with van der Waals surface area (Å²) in [6, 6.07) is 6.76. The Bertz CT molecular complexity index is 991. The molecule has 1 aromatic rings. The summed E-state index contributed by atoms with van der Waals surface area (Å²) in [5.41, 5.74) is -0.143. The molecule has 0 bridgehead atoms. The molecule has 196 valence electrons. The number of hydrogen-bond donors (Lipinski definition) is 3. The second kappa shape index (κ2) is 12.5. The number of carbonyl (C=O) groups is 6. The highest BCUT2D eigenvalue weighted by atomic mass is 16.6. The minimum Gasteiger partial charge on any atom is -0.481 e. The Morgan fingerprint density at radius 3 is 2.39 bits per heavy atom.